The number of hydrogen-bond acceptors (Lipinski definition) is 3. The molecule has 0 aromatic heterocycles. The Balaban J connectivity index is 2.19. The Kier molecular flexibility index (Phi) is 2.18. The van der Waals surface area contributed by atoms with E-state index in [0.29, 0.717) is 25.4 Å². The molecule has 90 valence electrons. The van der Waals surface area contributed by atoms with E-state index in [-0.39, 0.29) is 11.2 Å². The molecule has 0 unspecified atom stereocenters. The van der Waals surface area contributed by atoms with Crippen molar-refractivity contribution in [1.29, 1.82) is 0 Å². The van der Waals surface area contributed by atoms with Crippen LogP contribution in [-0.4, -0.2) is 19.0 Å². The smallest absolute Gasteiger partial charge is 0.163 e. The first-order valence-electron chi connectivity index (χ1n) is 6.05. The van der Waals surface area contributed by atoms with E-state index < -0.39 is 0 Å². The Labute approximate surface area is 101 Å². The fourth-order valence-electron chi connectivity index (χ4n) is 2.57. The quantitative estimate of drug-likeness (QED) is 0.690. The summed E-state index contributed by atoms with van der Waals surface area (Å²) in [4.78, 5) is 12.0. The van der Waals surface area contributed by atoms with Crippen molar-refractivity contribution in [2.24, 2.45) is 0 Å². The number of ketones is 1. The second kappa shape index (κ2) is 3.49. The van der Waals surface area contributed by atoms with Crippen LogP contribution in [0.2, 0.25) is 0 Å². The molecule has 0 N–H and O–H groups in total. The SMILES string of the molecule is CC1(C)CCC(=O)c2cc3c(cc21)OCCO3. The van der Waals surface area contributed by atoms with Gasteiger partial charge < -0.3 is 9.47 Å². The van der Waals surface area contributed by atoms with Crippen molar-refractivity contribution in [3.8, 4) is 11.5 Å². The first-order chi connectivity index (χ1) is 8.08. The molecule has 0 saturated carbocycles. The number of fused-ring (bicyclic) bond motifs is 2. The van der Waals surface area contributed by atoms with E-state index in [0.717, 1.165) is 23.3 Å². The predicted octanol–water partition coefficient (Wildman–Crippen LogP) is 2.71. The summed E-state index contributed by atoms with van der Waals surface area (Å²) in [6.07, 6.45) is 1.53. The first kappa shape index (κ1) is 10.6. The van der Waals surface area contributed by atoms with Crippen molar-refractivity contribution >= 4 is 5.78 Å². The molecule has 0 saturated heterocycles. The number of hydrogen-bond donors (Lipinski definition) is 0. The van der Waals surface area contributed by atoms with Crippen LogP contribution in [0.1, 0.15) is 42.6 Å². The lowest BCUT2D eigenvalue weighted by Crippen LogP contribution is -2.28. The summed E-state index contributed by atoms with van der Waals surface area (Å²) >= 11 is 0. The van der Waals surface area contributed by atoms with E-state index >= 15 is 0 Å². The summed E-state index contributed by atoms with van der Waals surface area (Å²) in [5.41, 5.74) is 1.95. The van der Waals surface area contributed by atoms with Crippen LogP contribution in [-0.2, 0) is 5.41 Å². The molecule has 1 aromatic rings. The maximum atomic E-state index is 12.0. The summed E-state index contributed by atoms with van der Waals surface area (Å²) in [7, 11) is 0. The van der Waals surface area contributed by atoms with Crippen LogP contribution >= 0.6 is 0 Å². The summed E-state index contributed by atoms with van der Waals surface area (Å²) in [5.74, 6) is 1.70. The summed E-state index contributed by atoms with van der Waals surface area (Å²) in [6.45, 7) is 5.49. The lowest BCUT2D eigenvalue weighted by molar-refractivity contribution is 0.0954. The Hall–Kier alpha value is -1.51. The van der Waals surface area contributed by atoms with Crippen molar-refractivity contribution < 1.29 is 14.3 Å². The van der Waals surface area contributed by atoms with Crippen LogP contribution in [0.4, 0.5) is 0 Å². The third kappa shape index (κ3) is 1.61. The zero-order valence-corrected chi connectivity index (χ0v) is 10.2. The van der Waals surface area contributed by atoms with Crippen LogP contribution in [0.5, 0.6) is 11.5 Å². The molecule has 3 nitrogen and oxygen atoms in total. The van der Waals surface area contributed by atoms with Gasteiger partial charge in [-0.15, -0.1) is 0 Å². The van der Waals surface area contributed by atoms with Crippen LogP contribution in [0.25, 0.3) is 0 Å². The van der Waals surface area contributed by atoms with E-state index in [4.69, 9.17) is 9.47 Å². The summed E-state index contributed by atoms with van der Waals surface area (Å²) in [6, 6.07) is 3.84. The van der Waals surface area contributed by atoms with Gasteiger partial charge in [0.1, 0.15) is 13.2 Å². The molecule has 3 heteroatoms. The average Bonchev–Trinajstić information content (AvgIpc) is 2.33. The highest BCUT2D eigenvalue weighted by Gasteiger charge is 2.33. The Morgan fingerprint density at radius 2 is 1.76 bits per heavy atom. The molecule has 0 spiro atoms. The number of rotatable bonds is 0. The Morgan fingerprint density at radius 3 is 2.47 bits per heavy atom. The minimum absolute atomic E-state index is 0.0408. The van der Waals surface area contributed by atoms with Gasteiger partial charge in [0.25, 0.3) is 0 Å². The zero-order valence-electron chi connectivity index (χ0n) is 10.2. The molecule has 0 fully saturated rings. The highest BCUT2D eigenvalue weighted by atomic mass is 16.6. The first-order valence-corrected chi connectivity index (χ1v) is 6.05. The fraction of sp³-hybridized carbons (Fsp3) is 0.500. The van der Waals surface area contributed by atoms with E-state index in [1.165, 1.54) is 0 Å². The fourth-order valence-corrected chi connectivity index (χ4v) is 2.57. The standard InChI is InChI=1S/C14H16O3/c1-14(2)4-3-11(15)9-7-12-13(8-10(9)14)17-6-5-16-12/h7-8H,3-6H2,1-2H3. The van der Waals surface area contributed by atoms with E-state index in [2.05, 4.69) is 13.8 Å². The van der Waals surface area contributed by atoms with Crippen molar-refractivity contribution in [1.82, 2.24) is 0 Å². The van der Waals surface area contributed by atoms with Crippen LogP contribution in [0.15, 0.2) is 12.1 Å². The second-order valence-corrected chi connectivity index (χ2v) is 5.35. The van der Waals surface area contributed by atoms with Crippen molar-refractivity contribution in [2.75, 3.05) is 13.2 Å². The van der Waals surface area contributed by atoms with Gasteiger partial charge in [-0.25, -0.2) is 0 Å². The van der Waals surface area contributed by atoms with Gasteiger partial charge in [0, 0.05) is 12.0 Å². The zero-order chi connectivity index (χ0) is 12.0. The third-order valence-corrected chi connectivity index (χ3v) is 3.69. The minimum Gasteiger partial charge on any atom is -0.486 e. The van der Waals surface area contributed by atoms with Gasteiger partial charge in [-0.3, -0.25) is 4.79 Å². The molecule has 2 aliphatic rings. The number of carbonyl (C=O) groups is 1. The molecule has 1 aliphatic carbocycles. The van der Waals surface area contributed by atoms with Crippen molar-refractivity contribution in [2.45, 2.75) is 32.1 Å². The van der Waals surface area contributed by atoms with Crippen LogP contribution in [0.3, 0.4) is 0 Å². The molecule has 0 amide bonds. The average molecular weight is 232 g/mol. The lowest BCUT2D eigenvalue weighted by Gasteiger charge is -2.33. The molecular weight excluding hydrogens is 216 g/mol. The normalized spacial score (nSPS) is 20.9. The van der Waals surface area contributed by atoms with E-state index in [1.807, 2.05) is 12.1 Å². The number of ether oxygens (including phenoxy) is 2. The Bertz CT molecular complexity index is 488. The topological polar surface area (TPSA) is 35.5 Å². The largest absolute Gasteiger partial charge is 0.486 e. The van der Waals surface area contributed by atoms with Crippen molar-refractivity contribution in [3.63, 3.8) is 0 Å². The third-order valence-electron chi connectivity index (χ3n) is 3.69. The van der Waals surface area contributed by atoms with Gasteiger partial charge in [0.15, 0.2) is 17.3 Å². The maximum absolute atomic E-state index is 12.0. The predicted molar refractivity (Wildman–Crippen MR) is 64.0 cm³/mol. The molecule has 1 aromatic carbocycles. The van der Waals surface area contributed by atoms with Gasteiger partial charge in [0.05, 0.1) is 0 Å². The highest BCUT2D eigenvalue weighted by molar-refractivity contribution is 5.99. The van der Waals surface area contributed by atoms with Gasteiger partial charge in [-0.2, -0.15) is 0 Å². The molecule has 1 aliphatic heterocycles. The number of carbonyl (C=O) groups excluding carboxylic acids is 1. The Morgan fingerprint density at radius 1 is 1.12 bits per heavy atom. The molecular formula is C14H16O3. The summed E-state index contributed by atoms with van der Waals surface area (Å²) in [5, 5.41) is 0. The maximum Gasteiger partial charge on any atom is 0.163 e. The van der Waals surface area contributed by atoms with Gasteiger partial charge >= 0.3 is 0 Å². The van der Waals surface area contributed by atoms with Crippen LogP contribution < -0.4 is 9.47 Å². The summed E-state index contributed by atoms with van der Waals surface area (Å²) < 4.78 is 11.1. The van der Waals surface area contributed by atoms with Crippen molar-refractivity contribution in [3.05, 3.63) is 23.3 Å². The van der Waals surface area contributed by atoms with Gasteiger partial charge in [-0.1, -0.05) is 13.8 Å². The van der Waals surface area contributed by atoms with E-state index in [9.17, 15) is 4.79 Å². The number of Topliss-reactive ketones (excluding diaryl/α,β-unsaturated/α-hetero) is 1. The molecule has 0 bridgehead atoms. The second-order valence-electron chi connectivity index (χ2n) is 5.35. The molecule has 0 atom stereocenters. The molecule has 17 heavy (non-hydrogen) atoms. The minimum atomic E-state index is 0.0408. The number of benzene rings is 1. The van der Waals surface area contributed by atoms with Gasteiger partial charge in [0.2, 0.25) is 0 Å². The van der Waals surface area contributed by atoms with Gasteiger partial charge in [-0.05, 0) is 29.5 Å². The molecule has 3 rings (SSSR count). The monoisotopic (exact) mass is 232 g/mol. The molecule has 1 heterocycles. The lowest BCUT2D eigenvalue weighted by atomic mass is 9.72. The van der Waals surface area contributed by atoms with E-state index in [1.54, 1.807) is 0 Å². The highest BCUT2D eigenvalue weighted by Crippen LogP contribution is 2.42. The van der Waals surface area contributed by atoms with Crippen LogP contribution in [0, 0.1) is 0 Å². The molecule has 0 radical (unpaired) electrons.